The summed E-state index contributed by atoms with van der Waals surface area (Å²) in [4.78, 5) is 0. The van der Waals surface area contributed by atoms with Crippen LogP contribution in [0, 0.1) is 0 Å². The van der Waals surface area contributed by atoms with E-state index in [1.54, 1.807) is 28.4 Å². The van der Waals surface area contributed by atoms with E-state index in [1.807, 2.05) is 31.2 Å². The van der Waals surface area contributed by atoms with Gasteiger partial charge in [-0.25, -0.2) is 0 Å². The van der Waals surface area contributed by atoms with Gasteiger partial charge in [-0.2, -0.15) is 0 Å². The van der Waals surface area contributed by atoms with Crippen molar-refractivity contribution in [3.63, 3.8) is 0 Å². The lowest BCUT2D eigenvalue weighted by Gasteiger charge is -2.20. The van der Waals surface area contributed by atoms with E-state index in [-0.39, 0.29) is 12.2 Å². The molecule has 2 aromatic carbocycles. The van der Waals surface area contributed by atoms with E-state index < -0.39 is 0 Å². The molecule has 1 aliphatic rings. The molecular formula is C23H31NO6. The molecular weight excluding hydrogens is 386 g/mol. The first-order chi connectivity index (χ1) is 14.6. The highest BCUT2D eigenvalue weighted by Gasteiger charge is 2.30. The number of hydrogen-bond acceptors (Lipinski definition) is 7. The number of hydrogen-bond donors (Lipinski definition) is 1. The van der Waals surface area contributed by atoms with Crippen LogP contribution in [-0.4, -0.2) is 35.0 Å². The zero-order valence-electron chi connectivity index (χ0n) is 18.3. The smallest absolute Gasteiger partial charge is 0.203 e. The first-order valence-electron chi connectivity index (χ1n) is 10.1. The van der Waals surface area contributed by atoms with Crippen LogP contribution in [0.15, 0.2) is 24.3 Å². The Kier molecular flexibility index (Phi) is 7.15. The maximum absolute atomic E-state index is 6.38. The highest BCUT2D eigenvalue weighted by molar-refractivity contribution is 5.62. The highest BCUT2D eigenvalue weighted by Crippen LogP contribution is 2.47. The molecule has 1 fully saturated rings. The SMILES string of the molecule is CCCOc1c(N)cc([C@H]2CC[C@H](c3cc(OC)c(OC)c(OC)c3)O2)cc1OC. The lowest BCUT2D eigenvalue weighted by molar-refractivity contribution is 0.0437. The van der Waals surface area contributed by atoms with Gasteiger partial charge in [-0.3, -0.25) is 0 Å². The van der Waals surface area contributed by atoms with Crippen molar-refractivity contribution < 1.29 is 28.4 Å². The fourth-order valence-corrected chi connectivity index (χ4v) is 3.76. The molecule has 2 N–H and O–H groups in total. The molecule has 0 bridgehead atoms. The van der Waals surface area contributed by atoms with E-state index in [9.17, 15) is 0 Å². The van der Waals surface area contributed by atoms with Gasteiger partial charge in [0.05, 0.1) is 52.9 Å². The van der Waals surface area contributed by atoms with Gasteiger partial charge in [0.15, 0.2) is 23.0 Å². The minimum absolute atomic E-state index is 0.0908. The molecule has 2 atom stereocenters. The van der Waals surface area contributed by atoms with Crippen molar-refractivity contribution >= 4 is 5.69 Å². The van der Waals surface area contributed by atoms with Gasteiger partial charge in [0, 0.05) is 0 Å². The molecule has 3 rings (SSSR count). The molecule has 0 unspecified atom stereocenters. The number of rotatable bonds is 9. The Morgan fingerprint density at radius 3 is 1.77 bits per heavy atom. The third kappa shape index (κ3) is 4.36. The summed E-state index contributed by atoms with van der Waals surface area (Å²) < 4.78 is 34.0. The molecule has 0 amide bonds. The Balaban J connectivity index is 1.84. The molecule has 7 nitrogen and oxygen atoms in total. The molecule has 1 saturated heterocycles. The zero-order chi connectivity index (χ0) is 21.7. The van der Waals surface area contributed by atoms with Crippen molar-refractivity contribution in [2.24, 2.45) is 0 Å². The van der Waals surface area contributed by atoms with E-state index >= 15 is 0 Å². The normalized spacial score (nSPS) is 18.2. The molecule has 164 valence electrons. The Morgan fingerprint density at radius 1 is 0.800 bits per heavy atom. The first kappa shape index (κ1) is 21.9. The second kappa shape index (κ2) is 9.80. The van der Waals surface area contributed by atoms with Gasteiger partial charge in [-0.15, -0.1) is 0 Å². The Hall–Kier alpha value is -2.80. The van der Waals surface area contributed by atoms with Gasteiger partial charge < -0.3 is 34.2 Å². The summed E-state index contributed by atoms with van der Waals surface area (Å²) in [7, 11) is 6.42. The third-order valence-electron chi connectivity index (χ3n) is 5.23. The number of nitrogens with two attached hydrogens (primary N) is 1. The molecule has 7 heteroatoms. The maximum atomic E-state index is 6.38. The third-order valence-corrected chi connectivity index (χ3v) is 5.23. The molecule has 2 aromatic rings. The van der Waals surface area contributed by atoms with Crippen LogP contribution in [0.25, 0.3) is 0 Å². The summed E-state index contributed by atoms with van der Waals surface area (Å²) in [6.45, 7) is 2.63. The molecule has 0 aliphatic carbocycles. The topological polar surface area (TPSA) is 81.4 Å². The molecule has 1 heterocycles. The minimum Gasteiger partial charge on any atom is -0.493 e. The van der Waals surface area contributed by atoms with Crippen LogP contribution in [0.5, 0.6) is 28.7 Å². The van der Waals surface area contributed by atoms with Crippen LogP contribution in [-0.2, 0) is 4.74 Å². The predicted molar refractivity (Wildman–Crippen MR) is 115 cm³/mol. The standard InChI is InChI=1S/C23H31NO6/c1-6-9-29-22-16(24)10-14(11-19(22)25-2)17-7-8-18(30-17)15-12-20(26-3)23(28-5)21(13-15)27-4/h10-13,17-18H,6-9,24H2,1-5H3/t17-,18-/m1/s1. The monoisotopic (exact) mass is 417 g/mol. The van der Waals surface area contributed by atoms with Crippen molar-refractivity contribution in [3.05, 3.63) is 35.4 Å². The van der Waals surface area contributed by atoms with Gasteiger partial charge in [-0.1, -0.05) is 6.92 Å². The van der Waals surface area contributed by atoms with Gasteiger partial charge in [0.25, 0.3) is 0 Å². The lowest BCUT2D eigenvalue weighted by Crippen LogP contribution is -2.05. The summed E-state index contributed by atoms with van der Waals surface area (Å²) >= 11 is 0. The zero-order valence-corrected chi connectivity index (χ0v) is 18.3. The van der Waals surface area contributed by atoms with Crippen LogP contribution < -0.4 is 29.4 Å². The number of benzene rings is 2. The molecule has 0 aromatic heterocycles. The number of ether oxygens (including phenoxy) is 6. The van der Waals surface area contributed by atoms with Gasteiger partial charge >= 0.3 is 0 Å². The molecule has 30 heavy (non-hydrogen) atoms. The van der Waals surface area contributed by atoms with Crippen molar-refractivity contribution in [2.75, 3.05) is 40.8 Å². The average molecular weight is 418 g/mol. The summed E-state index contributed by atoms with van der Waals surface area (Å²) in [5, 5.41) is 0. The Morgan fingerprint density at radius 2 is 1.30 bits per heavy atom. The summed E-state index contributed by atoms with van der Waals surface area (Å²) in [5.41, 5.74) is 8.76. The highest BCUT2D eigenvalue weighted by atomic mass is 16.5. The van der Waals surface area contributed by atoms with Crippen molar-refractivity contribution in [3.8, 4) is 28.7 Å². The fraction of sp³-hybridized carbons (Fsp3) is 0.478. The predicted octanol–water partition coefficient (Wildman–Crippen LogP) is 4.68. The van der Waals surface area contributed by atoms with Crippen LogP contribution >= 0.6 is 0 Å². The largest absolute Gasteiger partial charge is 0.493 e. The average Bonchev–Trinajstić information content (AvgIpc) is 3.27. The summed E-state index contributed by atoms with van der Waals surface area (Å²) in [5.74, 6) is 3.00. The number of anilines is 1. The minimum atomic E-state index is -0.0921. The second-order valence-corrected chi connectivity index (χ2v) is 7.14. The second-order valence-electron chi connectivity index (χ2n) is 7.14. The number of methoxy groups -OCH3 is 4. The molecule has 1 aliphatic heterocycles. The van der Waals surface area contributed by atoms with Gasteiger partial charge in [-0.05, 0) is 54.7 Å². The Labute approximate surface area is 178 Å². The molecule has 0 saturated carbocycles. The van der Waals surface area contributed by atoms with E-state index in [2.05, 4.69) is 0 Å². The van der Waals surface area contributed by atoms with E-state index in [1.165, 1.54) is 0 Å². The fourth-order valence-electron chi connectivity index (χ4n) is 3.76. The van der Waals surface area contributed by atoms with Crippen molar-refractivity contribution in [2.45, 2.75) is 38.4 Å². The van der Waals surface area contributed by atoms with Crippen molar-refractivity contribution in [1.82, 2.24) is 0 Å². The number of nitrogen functional groups attached to an aromatic ring is 1. The quantitative estimate of drug-likeness (QED) is 0.593. The van der Waals surface area contributed by atoms with Gasteiger partial charge in [0.1, 0.15) is 0 Å². The van der Waals surface area contributed by atoms with Crippen LogP contribution in [0.2, 0.25) is 0 Å². The molecule has 0 radical (unpaired) electrons. The molecule has 0 spiro atoms. The van der Waals surface area contributed by atoms with E-state index in [0.29, 0.717) is 41.0 Å². The van der Waals surface area contributed by atoms with Crippen LogP contribution in [0.1, 0.15) is 49.5 Å². The lowest BCUT2D eigenvalue weighted by atomic mass is 10.0. The van der Waals surface area contributed by atoms with Crippen molar-refractivity contribution in [1.29, 1.82) is 0 Å². The van der Waals surface area contributed by atoms with E-state index in [0.717, 1.165) is 30.4 Å². The first-order valence-corrected chi connectivity index (χ1v) is 10.1. The summed E-state index contributed by atoms with van der Waals surface area (Å²) in [6, 6.07) is 7.73. The van der Waals surface area contributed by atoms with Crippen LogP contribution in [0.4, 0.5) is 5.69 Å². The maximum Gasteiger partial charge on any atom is 0.203 e. The van der Waals surface area contributed by atoms with Crippen LogP contribution in [0.3, 0.4) is 0 Å². The Bertz CT molecular complexity index is 844. The van der Waals surface area contributed by atoms with E-state index in [4.69, 9.17) is 34.2 Å². The summed E-state index contributed by atoms with van der Waals surface area (Å²) in [6.07, 6.45) is 2.43. The van der Waals surface area contributed by atoms with Gasteiger partial charge in [0.2, 0.25) is 5.75 Å².